The lowest BCUT2D eigenvalue weighted by Crippen LogP contribution is -2.49. The highest BCUT2D eigenvalue weighted by atomic mass is 16.5. The molecule has 22 heavy (non-hydrogen) atoms. The van der Waals surface area contributed by atoms with E-state index in [9.17, 15) is 4.79 Å². The van der Waals surface area contributed by atoms with Crippen LogP contribution in [0.2, 0.25) is 0 Å². The van der Waals surface area contributed by atoms with Crippen molar-refractivity contribution in [1.82, 2.24) is 20.0 Å². The molecule has 6 nitrogen and oxygen atoms in total. The Morgan fingerprint density at radius 3 is 3.00 bits per heavy atom. The van der Waals surface area contributed by atoms with Crippen molar-refractivity contribution in [3.63, 3.8) is 0 Å². The van der Waals surface area contributed by atoms with Crippen LogP contribution in [0.5, 0.6) is 0 Å². The number of rotatable bonds is 3. The number of ether oxygens (including phenoxy) is 1. The van der Waals surface area contributed by atoms with Crippen molar-refractivity contribution >= 4 is 16.8 Å². The zero-order chi connectivity index (χ0) is 15.7. The van der Waals surface area contributed by atoms with Crippen molar-refractivity contribution in [2.75, 3.05) is 26.7 Å². The van der Waals surface area contributed by atoms with Gasteiger partial charge >= 0.3 is 0 Å². The number of hydrogen-bond donors (Lipinski definition) is 1. The minimum atomic E-state index is -0.233. The number of benzene rings is 1. The van der Waals surface area contributed by atoms with Gasteiger partial charge in [0.15, 0.2) is 0 Å². The summed E-state index contributed by atoms with van der Waals surface area (Å²) in [6.45, 7) is 6.24. The SMILES string of the molecule is CC(C)n1cc2cccc(C(=O)N(C)C3CNCCO3)c2n1. The third-order valence-electron chi connectivity index (χ3n) is 3.97. The summed E-state index contributed by atoms with van der Waals surface area (Å²) >= 11 is 0. The van der Waals surface area contributed by atoms with Gasteiger partial charge in [0.05, 0.1) is 12.2 Å². The molecule has 1 saturated heterocycles. The molecule has 1 aromatic carbocycles. The summed E-state index contributed by atoms with van der Waals surface area (Å²) in [7, 11) is 1.78. The van der Waals surface area contributed by atoms with E-state index < -0.39 is 0 Å². The van der Waals surface area contributed by atoms with E-state index in [1.54, 1.807) is 11.9 Å². The Hall–Kier alpha value is -1.92. The Kier molecular flexibility index (Phi) is 4.13. The molecule has 1 aromatic heterocycles. The summed E-state index contributed by atoms with van der Waals surface area (Å²) in [5.74, 6) is -0.0618. The maximum Gasteiger partial charge on any atom is 0.257 e. The second-order valence-corrected chi connectivity index (χ2v) is 5.89. The lowest BCUT2D eigenvalue weighted by atomic mass is 10.1. The quantitative estimate of drug-likeness (QED) is 0.936. The summed E-state index contributed by atoms with van der Waals surface area (Å²) in [6.07, 6.45) is 1.75. The number of likely N-dealkylation sites (N-methyl/N-ethyl adjacent to an activating group) is 1. The molecule has 1 aliphatic heterocycles. The average Bonchev–Trinajstić information content (AvgIpc) is 2.98. The van der Waals surface area contributed by atoms with Crippen LogP contribution in [-0.2, 0) is 4.74 Å². The van der Waals surface area contributed by atoms with Crippen LogP contribution >= 0.6 is 0 Å². The molecule has 0 aliphatic carbocycles. The van der Waals surface area contributed by atoms with Gasteiger partial charge in [-0.2, -0.15) is 5.10 Å². The highest BCUT2D eigenvalue weighted by Gasteiger charge is 2.25. The molecule has 118 valence electrons. The second kappa shape index (κ2) is 6.06. The predicted molar refractivity (Wildman–Crippen MR) is 84.8 cm³/mol. The number of aromatic nitrogens is 2. The number of carbonyl (C=O) groups excluding carboxylic acids is 1. The van der Waals surface area contributed by atoms with Gasteiger partial charge in [-0.15, -0.1) is 0 Å². The number of hydrogen-bond acceptors (Lipinski definition) is 4. The highest BCUT2D eigenvalue weighted by Crippen LogP contribution is 2.21. The van der Waals surface area contributed by atoms with Gasteiger partial charge in [0.1, 0.15) is 11.7 Å². The Morgan fingerprint density at radius 1 is 1.50 bits per heavy atom. The van der Waals surface area contributed by atoms with Gasteiger partial charge in [-0.05, 0) is 19.9 Å². The first-order valence-electron chi connectivity index (χ1n) is 7.65. The van der Waals surface area contributed by atoms with Crippen LogP contribution in [0.15, 0.2) is 24.4 Å². The Balaban J connectivity index is 1.92. The number of morpholine rings is 1. The second-order valence-electron chi connectivity index (χ2n) is 5.89. The first-order valence-corrected chi connectivity index (χ1v) is 7.65. The van der Waals surface area contributed by atoms with E-state index in [1.165, 1.54) is 0 Å². The molecular weight excluding hydrogens is 280 g/mol. The van der Waals surface area contributed by atoms with Gasteiger partial charge in [0, 0.05) is 37.8 Å². The van der Waals surface area contributed by atoms with E-state index in [0.29, 0.717) is 18.7 Å². The van der Waals surface area contributed by atoms with Crippen LogP contribution in [0.1, 0.15) is 30.2 Å². The molecule has 0 bridgehead atoms. The fourth-order valence-electron chi connectivity index (χ4n) is 2.62. The van der Waals surface area contributed by atoms with Gasteiger partial charge in [0.25, 0.3) is 5.91 Å². The van der Waals surface area contributed by atoms with E-state index >= 15 is 0 Å². The van der Waals surface area contributed by atoms with Crippen LogP contribution in [0.3, 0.4) is 0 Å². The van der Waals surface area contributed by atoms with E-state index in [-0.39, 0.29) is 18.2 Å². The Morgan fingerprint density at radius 2 is 2.32 bits per heavy atom. The van der Waals surface area contributed by atoms with E-state index in [1.807, 2.05) is 29.1 Å². The minimum absolute atomic E-state index is 0.0618. The molecule has 1 fully saturated rings. The molecule has 0 saturated carbocycles. The lowest BCUT2D eigenvalue weighted by molar-refractivity contribution is -0.0511. The number of fused-ring (bicyclic) bond motifs is 1. The Bertz CT molecular complexity index is 674. The van der Waals surface area contributed by atoms with Gasteiger partial charge in [-0.1, -0.05) is 12.1 Å². The maximum absolute atomic E-state index is 12.8. The summed E-state index contributed by atoms with van der Waals surface area (Å²) in [4.78, 5) is 14.5. The monoisotopic (exact) mass is 302 g/mol. The standard InChI is InChI=1S/C16H22N4O2/c1-11(2)20-10-12-5-4-6-13(15(12)18-20)16(21)19(3)14-9-17-7-8-22-14/h4-6,10-11,14,17H,7-9H2,1-3H3. The third kappa shape index (κ3) is 2.71. The summed E-state index contributed by atoms with van der Waals surface area (Å²) < 4.78 is 7.54. The summed E-state index contributed by atoms with van der Waals surface area (Å²) in [5, 5.41) is 8.80. The molecule has 1 amide bonds. The molecule has 0 radical (unpaired) electrons. The molecule has 2 aromatic rings. The van der Waals surface area contributed by atoms with Crippen molar-refractivity contribution in [1.29, 1.82) is 0 Å². The van der Waals surface area contributed by atoms with Crippen molar-refractivity contribution in [3.8, 4) is 0 Å². The normalized spacial score (nSPS) is 18.8. The third-order valence-corrected chi connectivity index (χ3v) is 3.97. The predicted octanol–water partition coefficient (Wildman–Crippen LogP) is 1.64. The van der Waals surface area contributed by atoms with E-state index in [0.717, 1.165) is 17.4 Å². The fourth-order valence-corrected chi connectivity index (χ4v) is 2.62. The first kappa shape index (κ1) is 15.0. The molecule has 2 heterocycles. The van der Waals surface area contributed by atoms with Gasteiger partial charge < -0.3 is 15.0 Å². The van der Waals surface area contributed by atoms with Gasteiger partial charge in [0.2, 0.25) is 0 Å². The Labute approximate surface area is 130 Å². The van der Waals surface area contributed by atoms with Crippen LogP contribution in [0, 0.1) is 0 Å². The van der Waals surface area contributed by atoms with Crippen LogP contribution < -0.4 is 5.32 Å². The summed E-state index contributed by atoms with van der Waals surface area (Å²) in [5.41, 5.74) is 1.37. The molecule has 6 heteroatoms. The average molecular weight is 302 g/mol. The van der Waals surface area contributed by atoms with Crippen molar-refractivity contribution in [2.24, 2.45) is 0 Å². The fraction of sp³-hybridized carbons (Fsp3) is 0.500. The largest absolute Gasteiger partial charge is 0.356 e. The first-order chi connectivity index (χ1) is 10.6. The topological polar surface area (TPSA) is 59.4 Å². The highest BCUT2D eigenvalue weighted by molar-refractivity contribution is 6.05. The molecule has 1 N–H and O–H groups in total. The molecule has 1 unspecified atom stereocenters. The zero-order valence-corrected chi connectivity index (χ0v) is 13.2. The molecular formula is C16H22N4O2. The van der Waals surface area contributed by atoms with Crippen LogP contribution in [0.25, 0.3) is 10.9 Å². The number of nitrogens with one attached hydrogen (secondary N) is 1. The smallest absolute Gasteiger partial charge is 0.257 e. The van der Waals surface area contributed by atoms with Crippen LogP contribution in [0.4, 0.5) is 0 Å². The van der Waals surface area contributed by atoms with E-state index in [4.69, 9.17) is 4.74 Å². The van der Waals surface area contributed by atoms with Crippen molar-refractivity contribution in [3.05, 3.63) is 30.0 Å². The number of nitrogens with zero attached hydrogens (tertiary/aromatic N) is 3. The molecule has 1 atom stereocenters. The zero-order valence-electron chi connectivity index (χ0n) is 13.2. The molecule has 3 rings (SSSR count). The molecule has 0 spiro atoms. The number of carbonyl (C=O) groups is 1. The maximum atomic E-state index is 12.8. The summed E-state index contributed by atoms with van der Waals surface area (Å²) in [6, 6.07) is 5.97. The van der Waals surface area contributed by atoms with E-state index in [2.05, 4.69) is 24.3 Å². The van der Waals surface area contributed by atoms with Gasteiger partial charge in [-0.3, -0.25) is 9.48 Å². The number of amides is 1. The minimum Gasteiger partial charge on any atom is -0.356 e. The van der Waals surface area contributed by atoms with Crippen molar-refractivity contribution in [2.45, 2.75) is 26.1 Å². The molecule has 1 aliphatic rings. The lowest BCUT2D eigenvalue weighted by Gasteiger charge is -2.31. The van der Waals surface area contributed by atoms with Crippen molar-refractivity contribution < 1.29 is 9.53 Å². The van der Waals surface area contributed by atoms with Gasteiger partial charge in [-0.25, -0.2) is 0 Å². The van der Waals surface area contributed by atoms with Crippen LogP contribution in [-0.4, -0.2) is 53.6 Å².